The first-order valence-corrected chi connectivity index (χ1v) is 24.3. The maximum atomic E-state index is 13.6. The van der Waals surface area contributed by atoms with Gasteiger partial charge in [0.15, 0.2) is 0 Å². The number of nitro groups is 1. The summed E-state index contributed by atoms with van der Waals surface area (Å²) >= 11 is 7.85. The fraction of sp³-hybridized carbons (Fsp3) is 0.286. The summed E-state index contributed by atoms with van der Waals surface area (Å²) in [5, 5.41) is 26.6. The topological polar surface area (TPSA) is 170 Å². The first-order chi connectivity index (χ1) is 31.6. The number of thioether (sulfide) groups is 1. The molecule has 17 heteroatoms. The average molecular weight is 951 g/mol. The second-order valence-corrected chi connectivity index (χ2v) is 20.0. The third kappa shape index (κ3) is 11.8. The van der Waals surface area contributed by atoms with Gasteiger partial charge in [0.2, 0.25) is 0 Å². The predicted octanol–water partition coefficient (Wildman–Crippen LogP) is 8.80. The molecule has 0 saturated carbocycles. The van der Waals surface area contributed by atoms with E-state index in [4.69, 9.17) is 21.2 Å². The zero-order valence-corrected chi connectivity index (χ0v) is 39.3. The van der Waals surface area contributed by atoms with Gasteiger partial charge in [0.05, 0.1) is 21.1 Å². The number of rotatable bonds is 16. The zero-order chi connectivity index (χ0) is 47.0. The number of hydrogen-bond donors (Lipinski definition) is 3. The third-order valence-electron chi connectivity index (χ3n) is 11.8. The minimum absolute atomic E-state index is 0.161. The van der Waals surface area contributed by atoms with E-state index < -0.39 is 20.5 Å². The van der Waals surface area contributed by atoms with Gasteiger partial charge in [-0.05, 0) is 110 Å². The van der Waals surface area contributed by atoms with Gasteiger partial charge < -0.3 is 24.8 Å². The molecule has 3 heterocycles. The number of aliphatic hydroxyl groups is 1. The Morgan fingerprint density at radius 1 is 0.848 bits per heavy atom. The number of nitrogens with zero attached hydrogens (tertiary/aromatic N) is 5. The smallest absolute Gasteiger partial charge is 0.373 e. The standard InChI is InChI=1S/C48H52ClN7O5S2.CO2/c1-34-28-44(47(52(34)3)35-12-14-37(49)15-13-35)36-8-7-9-41(29-36)55-26-24-54(25-27-55)40-18-16-38(17-19-40)51-63(60,61)43-20-21-45(46(30-43)56(58)59)50-39(22-23-53-32-48(2,57)33-53)31-62-42-10-5-4-6-11-42;2-1-3/h4-21,28-30,39,50-51,57H,22-27,31-33H2,1-3H3;/t39-;/m1./s1. The number of likely N-dealkylation sites (tertiary alicyclic amines) is 1. The van der Waals surface area contributed by atoms with Crippen molar-refractivity contribution in [2.24, 2.45) is 7.05 Å². The Balaban J connectivity index is 0.00000210. The van der Waals surface area contributed by atoms with E-state index >= 15 is 0 Å². The molecule has 0 bridgehead atoms. The zero-order valence-electron chi connectivity index (χ0n) is 36.9. The number of aromatic nitrogens is 1. The van der Waals surface area contributed by atoms with E-state index in [1.807, 2.05) is 61.5 Å². The Morgan fingerprint density at radius 2 is 1.50 bits per heavy atom. The molecule has 2 aliphatic heterocycles. The van der Waals surface area contributed by atoms with Crippen molar-refractivity contribution in [2.45, 2.75) is 41.7 Å². The number of benzene rings is 5. The highest BCUT2D eigenvalue weighted by Crippen LogP contribution is 2.37. The van der Waals surface area contributed by atoms with Gasteiger partial charge in [-0.15, -0.1) is 11.8 Å². The molecule has 1 atom stereocenters. The van der Waals surface area contributed by atoms with Crippen molar-refractivity contribution >= 4 is 68.0 Å². The molecule has 1 aromatic heterocycles. The molecular formula is C49H52ClN7O7S2. The molecule has 8 rings (SSSR count). The lowest BCUT2D eigenvalue weighted by molar-refractivity contribution is -0.384. The SMILES string of the molecule is Cc1cc(-c2cccc(N3CCN(c4ccc(NS(=O)(=O)c5ccc(N[C@H](CCN6CC(C)(O)C6)CSc6ccccc6)c([N+](=O)[O-])c5)cc4)CC3)c2)c(-c2ccc(Cl)cc2)n1C.O=C=O. The van der Waals surface area contributed by atoms with E-state index in [-0.39, 0.29) is 28.5 Å². The summed E-state index contributed by atoms with van der Waals surface area (Å²) in [6.07, 6.45) is 0.926. The molecule has 14 nitrogen and oxygen atoms in total. The second-order valence-electron chi connectivity index (χ2n) is 16.8. The van der Waals surface area contributed by atoms with Gasteiger partial charge in [-0.2, -0.15) is 9.59 Å². The maximum Gasteiger partial charge on any atom is 0.373 e. The van der Waals surface area contributed by atoms with Crippen molar-refractivity contribution in [3.63, 3.8) is 0 Å². The Morgan fingerprint density at radius 3 is 2.14 bits per heavy atom. The van der Waals surface area contributed by atoms with Gasteiger partial charge >= 0.3 is 6.15 Å². The number of aryl methyl sites for hydroxylation is 1. The molecule has 5 aromatic carbocycles. The van der Waals surface area contributed by atoms with Crippen LogP contribution in [0, 0.1) is 17.0 Å². The van der Waals surface area contributed by atoms with Crippen molar-refractivity contribution in [3.05, 3.63) is 148 Å². The molecule has 66 heavy (non-hydrogen) atoms. The van der Waals surface area contributed by atoms with Gasteiger partial charge in [-0.3, -0.25) is 19.7 Å². The Labute approximate surface area is 394 Å². The number of carbonyl (C=O) groups excluding carboxylic acids is 2. The number of anilines is 4. The molecular weight excluding hydrogens is 898 g/mol. The predicted molar refractivity (Wildman–Crippen MR) is 262 cm³/mol. The number of β-amino-alcohol motifs (C(OH)–C–C–N with tert-alkyl or cyclic N) is 1. The number of hydrogen-bond acceptors (Lipinski definition) is 12. The Bertz CT molecular complexity index is 2770. The van der Waals surface area contributed by atoms with Crippen molar-refractivity contribution in [1.29, 1.82) is 0 Å². The maximum absolute atomic E-state index is 13.6. The molecule has 0 amide bonds. The quantitative estimate of drug-likeness (QED) is 0.0480. The molecule has 2 fully saturated rings. The summed E-state index contributed by atoms with van der Waals surface area (Å²) < 4.78 is 32.1. The largest absolute Gasteiger partial charge is 0.388 e. The Kier molecular flexibility index (Phi) is 15.2. The molecule has 2 aliphatic rings. The lowest BCUT2D eigenvalue weighted by Crippen LogP contribution is -2.60. The first-order valence-electron chi connectivity index (χ1n) is 21.5. The molecule has 2 saturated heterocycles. The van der Waals surface area contributed by atoms with Crippen LogP contribution in [-0.4, -0.2) is 97.3 Å². The van der Waals surface area contributed by atoms with E-state index in [2.05, 4.69) is 85.7 Å². The van der Waals surface area contributed by atoms with E-state index in [9.17, 15) is 23.6 Å². The summed E-state index contributed by atoms with van der Waals surface area (Å²) in [7, 11) is -2.06. The molecule has 0 aliphatic carbocycles. The Hall–Kier alpha value is -6.13. The van der Waals surface area contributed by atoms with Crippen LogP contribution < -0.4 is 19.8 Å². The molecule has 0 spiro atoms. The van der Waals surface area contributed by atoms with E-state index in [1.54, 1.807) is 23.9 Å². The van der Waals surface area contributed by atoms with E-state index in [1.165, 1.54) is 23.4 Å². The molecule has 0 radical (unpaired) electrons. The van der Waals surface area contributed by atoms with Crippen LogP contribution in [0.4, 0.5) is 28.4 Å². The van der Waals surface area contributed by atoms with Crippen LogP contribution in [0.1, 0.15) is 19.0 Å². The highest BCUT2D eigenvalue weighted by atomic mass is 35.5. The van der Waals surface area contributed by atoms with Crippen molar-refractivity contribution in [3.8, 4) is 22.4 Å². The molecule has 6 aromatic rings. The van der Waals surface area contributed by atoms with E-state index in [0.29, 0.717) is 42.5 Å². The summed E-state index contributed by atoms with van der Waals surface area (Å²) in [4.78, 5) is 35.8. The van der Waals surface area contributed by atoms with Crippen molar-refractivity contribution in [2.75, 3.05) is 71.4 Å². The van der Waals surface area contributed by atoms with Crippen LogP contribution in [0.2, 0.25) is 5.02 Å². The minimum Gasteiger partial charge on any atom is -0.388 e. The summed E-state index contributed by atoms with van der Waals surface area (Å²) in [5.74, 6) is 0.633. The van der Waals surface area contributed by atoms with Crippen LogP contribution in [0.5, 0.6) is 0 Å². The number of sulfonamides is 1. The molecule has 0 unspecified atom stereocenters. The van der Waals surface area contributed by atoms with Crippen LogP contribution in [0.15, 0.2) is 137 Å². The highest BCUT2D eigenvalue weighted by Gasteiger charge is 2.36. The van der Waals surface area contributed by atoms with Crippen LogP contribution >= 0.6 is 23.4 Å². The molecule has 3 N–H and O–H groups in total. The van der Waals surface area contributed by atoms with Gasteiger partial charge in [-0.1, -0.05) is 54.1 Å². The number of nitrogens with one attached hydrogen (secondary N) is 2. The van der Waals surface area contributed by atoms with Gasteiger partial charge in [0, 0.05) is 109 Å². The fourth-order valence-electron chi connectivity index (χ4n) is 8.45. The van der Waals surface area contributed by atoms with Crippen molar-refractivity contribution < 1.29 is 28.0 Å². The monoisotopic (exact) mass is 949 g/mol. The van der Waals surface area contributed by atoms with Crippen LogP contribution in [0.25, 0.3) is 22.4 Å². The normalized spacial score (nSPS) is 15.2. The third-order valence-corrected chi connectivity index (χ3v) is 14.6. The average Bonchev–Trinajstić information content (AvgIpc) is 3.60. The number of nitro benzene ring substituents is 1. The number of piperazine rings is 1. The first kappa shape index (κ1) is 47.8. The summed E-state index contributed by atoms with van der Waals surface area (Å²) in [6, 6.07) is 39.9. The lowest BCUT2D eigenvalue weighted by atomic mass is 9.96. The van der Waals surface area contributed by atoms with Crippen LogP contribution in [0.3, 0.4) is 0 Å². The van der Waals surface area contributed by atoms with Crippen LogP contribution in [-0.2, 0) is 26.7 Å². The molecule has 344 valence electrons. The summed E-state index contributed by atoms with van der Waals surface area (Å²) in [6.45, 7) is 8.98. The van der Waals surface area contributed by atoms with E-state index in [0.717, 1.165) is 65.3 Å². The second kappa shape index (κ2) is 21.0. The van der Waals surface area contributed by atoms with Gasteiger partial charge in [0.1, 0.15) is 5.69 Å². The minimum atomic E-state index is -4.15. The number of halogens is 1. The lowest BCUT2D eigenvalue weighted by Gasteiger charge is -2.44. The highest BCUT2D eigenvalue weighted by molar-refractivity contribution is 7.99. The van der Waals surface area contributed by atoms with Crippen molar-refractivity contribution in [1.82, 2.24) is 9.47 Å². The van der Waals surface area contributed by atoms with Gasteiger partial charge in [0.25, 0.3) is 15.7 Å². The summed E-state index contributed by atoms with van der Waals surface area (Å²) in [5.41, 5.74) is 7.47. The van der Waals surface area contributed by atoms with Gasteiger partial charge in [-0.25, -0.2) is 8.42 Å². The fourth-order valence-corrected chi connectivity index (χ4v) is 10.6.